The molecule has 2 aliphatic rings. The zero-order valence-corrected chi connectivity index (χ0v) is 17.6. The van der Waals surface area contributed by atoms with E-state index in [1.807, 2.05) is 18.2 Å². The van der Waals surface area contributed by atoms with Crippen LogP contribution in [0.25, 0.3) is 16.5 Å². The van der Waals surface area contributed by atoms with Crippen molar-refractivity contribution >= 4 is 16.3 Å². The number of thiazole rings is 1. The lowest BCUT2D eigenvalue weighted by molar-refractivity contribution is -0.187. The van der Waals surface area contributed by atoms with Crippen molar-refractivity contribution in [3.05, 3.63) is 59.2 Å². The third-order valence-corrected chi connectivity index (χ3v) is 7.12. The molecule has 0 amide bonds. The van der Waals surface area contributed by atoms with Crippen molar-refractivity contribution in [2.45, 2.75) is 24.7 Å². The Kier molecular flexibility index (Phi) is 4.57. The van der Waals surface area contributed by atoms with Gasteiger partial charge in [-0.2, -0.15) is 9.50 Å². The van der Waals surface area contributed by atoms with Crippen LogP contribution in [0, 0.1) is 0 Å². The SMILES string of the molecule is Oc1c(C(c2ccccc2)N2CCC3(CC2)OCCO3)sc2nc(-c3ccco3)nn12. The van der Waals surface area contributed by atoms with Crippen LogP contribution in [0.2, 0.25) is 0 Å². The summed E-state index contributed by atoms with van der Waals surface area (Å²) in [6.45, 7) is 2.94. The fourth-order valence-electron chi connectivity index (χ4n) is 4.51. The highest BCUT2D eigenvalue weighted by Crippen LogP contribution is 2.43. The van der Waals surface area contributed by atoms with Gasteiger partial charge in [-0.05, 0) is 17.7 Å². The summed E-state index contributed by atoms with van der Waals surface area (Å²) >= 11 is 1.46. The Labute approximate surface area is 182 Å². The second kappa shape index (κ2) is 7.45. The average molecular weight is 439 g/mol. The fourth-order valence-corrected chi connectivity index (χ4v) is 5.63. The molecule has 4 aromatic rings. The van der Waals surface area contributed by atoms with Crippen LogP contribution >= 0.6 is 11.3 Å². The second-order valence-electron chi connectivity index (χ2n) is 7.85. The van der Waals surface area contributed by atoms with Crippen molar-refractivity contribution in [3.8, 4) is 17.5 Å². The van der Waals surface area contributed by atoms with E-state index in [9.17, 15) is 5.11 Å². The molecule has 1 atom stereocenters. The van der Waals surface area contributed by atoms with E-state index < -0.39 is 5.79 Å². The minimum absolute atomic E-state index is 0.0967. The molecule has 6 rings (SSSR count). The summed E-state index contributed by atoms with van der Waals surface area (Å²) in [6.07, 6.45) is 3.20. The van der Waals surface area contributed by atoms with Crippen LogP contribution < -0.4 is 0 Å². The van der Waals surface area contributed by atoms with E-state index in [4.69, 9.17) is 13.9 Å². The molecular weight excluding hydrogens is 416 g/mol. The first-order chi connectivity index (χ1) is 15.2. The van der Waals surface area contributed by atoms with E-state index in [-0.39, 0.29) is 11.9 Å². The van der Waals surface area contributed by atoms with Gasteiger partial charge in [0.05, 0.1) is 30.4 Å². The molecule has 2 aliphatic heterocycles. The summed E-state index contributed by atoms with van der Waals surface area (Å²) in [6, 6.07) is 13.8. The number of furan rings is 1. The standard InChI is InChI=1S/C22H22N4O4S/c27-20-18(31-21-23-19(24-26(20)21)16-7-4-12-28-16)17(15-5-2-1-3-6-15)25-10-8-22(9-11-25)29-13-14-30-22/h1-7,12,17,27H,8-11,13-14H2. The lowest BCUT2D eigenvalue weighted by atomic mass is 9.97. The van der Waals surface area contributed by atoms with E-state index in [1.165, 1.54) is 15.9 Å². The predicted octanol–water partition coefficient (Wildman–Crippen LogP) is 3.68. The van der Waals surface area contributed by atoms with Gasteiger partial charge in [0.15, 0.2) is 11.5 Å². The number of rotatable bonds is 4. The lowest BCUT2D eigenvalue weighted by Crippen LogP contribution is -2.46. The van der Waals surface area contributed by atoms with Crippen LogP contribution in [0.15, 0.2) is 53.1 Å². The summed E-state index contributed by atoms with van der Waals surface area (Å²) < 4.78 is 18.7. The molecule has 1 spiro atoms. The molecule has 0 saturated carbocycles. The Morgan fingerprint density at radius 1 is 1.03 bits per heavy atom. The number of benzene rings is 1. The molecule has 5 heterocycles. The molecule has 9 heteroatoms. The quantitative estimate of drug-likeness (QED) is 0.520. The number of hydrogen-bond donors (Lipinski definition) is 1. The molecule has 0 aliphatic carbocycles. The Hall–Kier alpha value is -2.72. The molecule has 8 nitrogen and oxygen atoms in total. The maximum absolute atomic E-state index is 11.1. The van der Waals surface area contributed by atoms with E-state index in [0.717, 1.165) is 36.4 Å². The van der Waals surface area contributed by atoms with Gasteiger partial charge in [0.1, 0.15) is 0 Å². The number of hydrogen-bond acceptors (Lipinski definition) is 8. The zero-order valence-electron chi connectivity index (χ0n) is 16.8. The van der Waals surface area contributed by atoms with E-state index >= 15 is 0 Å². The minimum Gasteiger partial charge on any atom is -0.492 e. The molecule has 1 N–H and O–H groups in total. The number of likely N-dealkylation sites (tertiary alicyclic amines) is 1. The van der Waals surface area contributed by atoms with Crippen LogP contribution in [0.3, 0.4) is 0 Å². The highest BCUT2D eigenvalue weighted by atomic mass is 32.1. The van der Waals surface area contributed by atoms with Crippen molar-refractivity contribution in [1.82, 2.24) is 19.5 Å². The molecule has 2 fully saturated rings. The molecule has 1 unspecified atom stereocenters. The maximum atomic E-state index is 11.1. The van der Waals surface area contributed by atoms with Crippen molar-refractivity contribution in [2.75, 3.05) is 26.3 Å². The molecule has 31 heavy (non-hydrogen) atoms. The maximum Gasteiger partial charge on any atom is 0.230 e. The highest BCUT2D eigenvalue weighted by Gasteiger charge is 2.42. The van der Waals surface area contributed by atoms with Gasteiger partial charge >= 0.3 is 0 Å². The predicted molar refractivity (Wildman–Crippen MR) is 114 cm³/mol. The first-order valence-electron chi connectivity index (χ1n) is 10.4. The molecule has 1 aromatic carbocycles. The van der Waals surface area contributed by atoms with Crippen LogP contribution in [0.1, 0.15) is 29.3 Å². The largest absolute Gasteiger partial charge is 0.492 e. The first-order valence-corrected chi connectivity index (χ1v) is 11.2. The Morgan fingerprint density at radius 2 is 1.81 bits per heavy atom. The molecule has 0 bridgehead atoms. The molecule has 3 aromatic heterocycles. The normalized spacial score (nSPS) is 20.0. The van der Waals surface area contributed by atoms with Gasteiger partial charge in [0.25, 0.3) is 0 Å². The highest BCUT2D eigenvalue weighted by molar-refractivity contribution is 7.17. The van der Waals surface area contributed by atoms with Gasteiger partial charge in [0.2, 0.25) is 16.7 Å². The van der Waals surface area contributed by atoms with Gasteiger partial charge in [-0.3, -0.25) is 4.90 Å². The third kappa shape index (κ3) is 3.25. The number of ether oxygens (including phenoxy) is 2. The van der Waals surface area contributed by atoms with Gasteiger partial charge in [-0.1, -0.05) is 41.7 Å². The minimum atomic E-state index is -0.441. The molecule has 2 saturated heterocycles. The van der Waals surface area contributed by atoms with E-state index in [0.29, 0.717) is 29.8 Å². The van der Waals surface area contributed by atoms with E-state index in [2.05, 4.69) is 27.1 Å². The van der Waals surface area contributed by atoms with Crippen LogP contribution in [0.4, 0.5) is 0 Å². The number of nitrogens with zero attached hydrogens (tertiary/aromatic N) is 4. The summed E-state index contributed by atoms with van der Waals surface area (Å²) in [5.41, 5.74) is 1.12. The van der Waals surface area contributed by atoms with Gasteiger partial charge < -0.3 is 19.0 Å². The zero-order chi connectivity index (χ0) is 20.8. The third-order valence-electron chi connectivity index (χ3n) is 6.04. The fraction of sp³-hybridized carbons (Fsp3) is 0.364. The molecule has 160 valence electrons. The number of piperidine rings is 1. The van der Waals surface area contributed by atoms with Crippen LogP contribution in [-0.2, 0) is 9.47 Å². The van der Waals surface area contributed by atoms with Gasteiger partial charge in [-0.25, -0.2) is 0 Å². The van der Waals surface area contributed by atoms with Crippen molar-refractivity contribution < 1.29 is 19.0 Å². The second-order valence-corrected chi connectivity index (χ2v) is 8.86. The van der Waals surface area contributed by atoms with E-state index in [1.54, 1.807) is 18.4 Å². The number of fused-ring (bicyclic) bond motifs is 1. The number of aromatic nitrogens is 3. The first kappa shape index (κ1) is 19.0. The average Bonchev–Trinajstić information content (AvgIpc) is 3.58. The number of aromatic hydroxyl groups is 1. The van der Waals surface area contributed by atoms with Gasteiger partial charge in [0, 0.05) is 25.9 Å². The molecular formula is C22H22N4O4S. The smallest absolute Gasteiger partial charge is 0.230 e. The summed E-state index contributed by atoms with van der Waals surface area (Å²) in [7, 11) is 0. The van der Waals surface area contributed by atoms with Crippen molar-refractivity contribution in [3.63, 3.8) is 0 Å². The Balaban J connectivity index is 1.37. The Bertz CT molecular complexity index is 1170. The summed E-state index contributed by atoms with van der Waals surface area (Å²) in [4.78, 5) is 8.42. The lowest BCUT2D eigenvalue weighted by Gasteiger charge is -2.41. The van der Waals surface area contributed by atoms with Gasteiger partial charge in [-0.15, -0.1) is 5.10 Å². The monoisotopic (exact) mass is 438 g/mol. The summed E-state index contributed by atoms with van der Waals surface area (Å²) in [5.74, 6) is 0.718. The van der Waals surface area contributed by atoms with Crippen molar-refractivity contribution in [2.24, 2.45) is 0 Å². The topological polar surface area (TPSA) is 85.3 Å². The molecule has 0 radical (unpaired) electrons. The van der Waals surface area contributed by atoms with Crippen molar-refractivity contribution in [1.29, 1.82) is 0 Å². The van der Waals surface area contributed by atoms with Crippen LogP contribution in [-0.4, -0.2) is 56.7 Å². The van der Waals surface area contributed by atoms with Crippen LogP contribution in [0.5, 0.6) is 5.88 Å². The summed E-state index contributed by atoms with van der Waals surface area (Å²) in [5, 5.41) is 15.6. The Morgan fingerprint density at radius 3 is 2.48 bits per heavy atom.